The highest BCUT2D eigenvalue weighted by atomic mass is 16.1. The van der Waals surface area contributed by atoms with Crippen LogP contribution < -0.4 is 5.32 Å². The van der Waals surface area contributed by atoms with Crippen LogP contribution in [0.25, 0.3) is 0 Å². The van der Waals surface area contributed by atoms with Crippen molar-refractivity contribution in [1.82, 2.24) is 5.32 Å². The third-order valence-electron chi connectivity index (χ3n) is 3.19. The topological polar surface area (TPSA) is 29.1 Å². The predicted molar refractivity (Wildman–Crippen MR) is 63.6 cm³/mol. The van der Waals surface area contributed by atoms with E-state index in [0.29, 0.717) is 6.04 Å². The van der Waals surface area contributed by atoms with E-state index >= 15 is 0 Å². The molecule has 1 fully saturated rings. The Kier molecular flexibility index (Phi) is 4.86. The van der Waals surface area contributed by atoms with Gasteiger partial charge in [-0.05, 0) is 45.4 Å². The van der Waals surface area contributed by atoms with Gasteiger partial charge in [-0.25, -0.2) is 0 Å². The Bertz CT molecular complexity index is 233. The minimum Gasteiger partial charge on any atom is -0.350 e. The molecule has 86 valence electrons. The van der Waals surface area contributed by atoms with Crippen molar-refractivity contribution in [3.8, 4) is 0 Å². The molecular formula is C13H23NO. The van der Waals surface area contributed by atoms with Gasteiger partial charge in [0.2, 0.25) is 5.91 Å². The molecule has 0 aromatic rings. The highest BCUT2D eigenvalue weighted by Gasteiger charge is 2.20. The highest BCUT2D eigenvalue weighted by Crippen LogP contribution is 2.26. The van der Waals surface area contributed by atoms with Crippen LogP contribution in [-0.4, -0.2) is 11.9 Å². The maximum Gasteiger partial charge on any atom is 0.244 e. The van der Waals surface area contributed by atoms with Crippen molar-refractivity contribution < 1.29 is 4.79 Å². The molecule has 1 aliphatic rings. The molecule has 1 amide bonds. The summed E-state index contributed by atoms with van der Waals surface area (Å²) in [6, 6.07) is 0.413. The van der Waals surface area contributed by atoms with Gasteiger partial charge in [-0.3, -0.25) is 4.79 Å². The minimum atomic E-state index is 0.0787. The normalized spacial score (nSPS) is 25.8. The van der Waals surface area contributed by atoms with E-state index < -0.39 is 0 Å². The van der Waals surface area contributed by atoms with Gasteiger partial charge in [0.1, 0.15) is 0 Å². The van der Waals surface area contributed by atoms with Gasteiger partial charge in [-0.2, -0.15) is 0 Å². The zero-order valence-corrected chi connectivity index (χ0v) is 10.2. The van der Waals surface area contributed by atoms with Gasteiger partial charge in [0, 0.05) is 12.1 Å². The number of carbonyl (C=O) groups excluding carboxylic acids is 1. The molecule has 0 aromatic heterocycles. The molecule has 1 saturated carbocycles. The van der Waals surface area contributed by atoms with Crippen LogP contribution in [-0.2, 0) is 4.79 Å². The lowest BCUT2D eigenvalue weighted by Crippen LogP contribution is -2.36. The number of carbonyl (C=O) groups is 1. The van der Waals surface area contributed by atoms with Crippen molar-refractivity contribution in [2.24, 2.45) is 5.92 Å². The predicted octanol–water partition coefficient (Wildman–Crippen LogP) is 3.04. The van der Waals surface area contributed by atoms with E-state index in [1.807, 2.05) is 13.8 Å². The Balaban J connectivity index is 2.29. The number of hydrogen-bond donors (Lipinski definition) is 1. The summed E-state index contributed by atoms with van der Waals surface area (Å²) in [5.74, 6) is 0.969. The fourth-order valence-corrected chi connectivity index (χ4v) is 2.22. The summed E-state index contributed by atoms with van der Waals surface area (Å²) in [4.78, 5) is 11.5. The van der Waals surface area contributed by atoms with Crippen LogP contribution in [0.5, 0.6) is 0 Å². The van der Waals surface area contributed by atoms with E-state index in [4.69, 9.17) is 0 Å². The number of rotatable bonds is 3. The molecule has 0 spiro atoms. The number of nitrogens with one attached hydrogen (secondary N) is 1. The van der Waals surface area contributed by atoms with Gasteiger partial charge in [-0.15, -0.1) is 0 Å². The Morgan fingerprint density at radius 3 is 2.33 bits per heavy atom. The molecule has 2 nitrogen and oxygen atoms in total. The molecule has 0 unspecified atom stereocenters. The van der Waals surface area contributed by atoms with Crippen molar-refractivity contribution in [2.45, 2.75) is 58.9 Å². The number of allylic oxidation sites excluding steroid dienone is 1. The first-order valence-electron chi connectivity index (χ1n) is 6.07. The summed E-state index contributed by atoms with van der Waals surface area (Å²) in [6.45, 7) is 6.16. The summed E-state index contributed by atoms with van der Waals surface area (Å²) in [7, 11) is 0. The molecule has 15 heavy (non-hydrogen) atoms. The van der Waals surface area contributed by atoms with Gasteiger partial charge in [0.05, 0.1) is 0 Å². The first-order valence-corrected chi connectivity index (χ1v) is 6.07. The monoisotopic (exact) mass is 209 g/mol. The third-order valence-corrected chi connectivity index (χ3v) is 3.19. The average molecular weight is 209 g/mol. The average Bonchev–Trinajstić information content (AvgIpc) is 2.17. The van der Waals surface area contributed by atoms with Crippen LogP contribution in [0, 0.1) is 5.92 Å². The van der Waals surface area contributed by atoms with Crippen molar-refractivity contribution in [1.29, 1.82) is 0 Å². The lowest BCUT2D eigenvalue weighted by atomic mass is 9.84. The molecule has 0 aromatic carbocycles. The summed E-state index contributed by atoms with van der Waals surface area (Å²) in [6.07, 6.45) is 7.83. The fraction of sp³-hybridized carbons (Fsp3) is 0.769. The third kappa shape index (κ3) is 4.50. The Labute approximate surface area is 93.1 Å². The Morgan fingerprint density at radius 2 is 1.87 bits per heavy atom. The second kappa shape index (κ2) is 5.94. The lowest BCUT2D eigenvalue weighted by molar-refractivity contribution is -0.117. The highest BCUT2D eigenvalue weighted by molar-refractivity contribution is 5.88. The molecule has 1 aliphatic carbocycles. The maximum absolute atomic E-state index is 11.5. The molecule has 0 radical (unpaired) electrons. The van der Waals surface area contributed by atoms with Crippen LogP contribution in [0.3, 0.4) is 0 Å². The molecule has 0 aliphatic heterocycles. The quantitative estimate of drug-likeness (QED) is 0.711. The summed E-state index contributed by atoms with van der Waals surface area (Å²) >= 11 is 0. The lowest BCUT2D eigenvalue weighted by Gasteiger charge is -2.28. The van der Waals surface area contributed by atoms with E-state index in [9.17, 15) is 4.79 Å². The van der Waals surface area contributed by atoms with Gasteiger partial charge < -0.3 is 5.32 Å². The van der Waals surface area contributed by atoms with Gasteiger partial charge in [0.25, 0.3) is 0 Å². The molecule has 1 rings (SSSR count). The second-order valence-corrected chi connectivity index (χ2v) is 4.86. The second-order valence-electron chi connectivity index (χ2n) is 4.86. The van der Waals surface area contributed by atoms with E-state index in [1.165, 1.54) is 19.3 Å². The van der Waals surface area contributed by atoms with E-state index in [0.717, 1.165) is 24.3 Å². The van der Waals surface area contributed by atoms with Crippen LogP contribution in [0.15, 0.2) is 11.6 Å². The zero-order valence-electron chi connectivity index (χ0n) is 10.2. The van der Waals surface area contributed by atoms with Crippen LogP contribution >= 0.6 is 0 Å². The van der Waals surface area contributed by atoms with E-state index in [2.05, 4.69) is 12.2 Å². The zero-order chi connectivity index (χ0) is 11.3. The van der Waals surface area contributed by atoms with Crippen LogP contribution in [0.1, 0.15) is 52.9 Å². The summed E-state index contributed by atoms with van der Waals surface area (Å²) in [5, 5.41) is 3.08. The molecule has 0 atom stereocenters. The van der Waals surface area contributed by atoms with Crippen molar-refractivity contribution in [3.05, 3.63) is 11.6 Å². The summed E-state index contributed by atoms with van der Waals surface area (Å²) in [5.41, 5.74) is 1.06. The molecule has 0 bridgehead atoms. The van der Waals surface area contributed by atoms with Gasteiger partial charge in [-0.1, -0.05) is 18.9 Å². The number of hydrogen-bond acceptors (Lipinski definition) is 1. The molecular weight excluding hydrogens is 186 g/mol. The summed E-state index contributed by atoms with van der Waals surface area (Å²) < 4.78 is 0. The smallest absolute Gasteiger partial charge is 0.244 e. The minimum absolute atomic E-state index is 0.0787. The standard InChI is InChI=1S/C13H23NO/c1-4-11-5-7-12(8-6-11)14-13(15)9-10(2)3/h9,11-12H,4-8H2,1-3H3,(H,14,15). The fourth-order valence-electron chi connectivity index (χ4n) is 2.22. The van der Waals surface area contributed by atoms with Crippen molar-refractivity contribution in [2.75, 3.05) is 0 Å². The Morgan fingerprint density at radius 1 is 1.27 bits per heavy atom. The molecule has 2 heteroatoms. The van der Waals surface area contributed by atoms with E-state index in [1.54, 1.807) is 6.08 Å². The van der Waals surface area contributed by atoms with Crippen LogP contribution in [0.4, 0.5) is 0 Å². The van der Waals surface area contributed by atoms with Crippen molar-refractivity contribution >= 4 is 5.91 Å². The van der Waals surface area contributed by atoms with Gasteiger partial charge >= 0.3 is 0 Å². The van der Waals surface area contributed by atoms with Crippen molar-refractivity contribution in [3.63, 3.8) is 0 Å². The Hall–Kier alpha value is -0.790. The molecule has 0 saturated heterocycles. The first kappa shape index (κ1) is 12.3. The first-order chi connectivity index (χ1) is 7.11. The molecule has 0 heterocycles. The number of amides is 1. The SMILES string of the molecule is CCC1CCC(NC(=O)C=C(C)C)CC1. The van der Waals surface area contributed by atoms with E-state index in [-0.39, 0.29) is 5.91 Å². The van der Waals surface area contributed by atoms with Crippen LogP contribution in [0.2, 0.25) is 0 Å². The molecule has 1 N–H and O–H groups in total. The van der Waals surface area contributed by atoms with Gasteiger partial charge in [0.15, 0.2) is 0 Å². The largest absolute Gasteiger partial charge is 0.350 e. The maximum atomic E-state index is 11.5.